The Balaban J connectivity index is 1.24. The summed E-state index contributed by atoms with van der Waals surface area (Å²) in [5, 5.41) is 32.5. The Morgan fingerprint density at radius 3 is 2.10 bits per heavy atom. The molecule has 3 aliphatic rings. The molecular formula is C54H46N4O11. The number of imide groups is 1. The van der Waals surface area contributed by atoms with Crippen LogP contribution in [-0.4, -0.2) is 81.7 Å². The SMILES string of the molecule is CN(CC#Cc1ccc2c(c1)[C@]1(C(=O)N2C(=O)OCc2ccc([N+](=O)[O-])cc2)[C@H](c2ccc(OCCO)cc2)N2[C@H](c3ccccc3)[C@H](c3ccccc3)OC(=O)[C@H]2[C@@H]1C(=O)O)Cc1ccccc1. The summed E-state index contributed by atoms with van der Waals surface area (Å²) in [6, 6.07) is 41.3. The second-order valence-corrected chi connectivity index (χ2v) is 17.1. The van der Waals surface area contributed by atoms with E-state index in [-0.39, 0.29) is 36.8 Å². The second-order valence-electron chi connectivity index (χ2n) is 17.1. The first-order valence-electron chi connectivity index (χ1n) is 22.3. The van der Waals surface area contributed by atoms with Gasteiger partial charge in [-0.05, 0) is 82.9 Å². The average molecular weight is 927 g/mol. The number of morpholine rings is 1. The van der Waals surface area contributed by atoms with Gasteiger partial charge in [0.25, 0.3) is 5.69 Å². The molecule has 2 saturated heterocycles. The number of hydrogen-bond donors (Lipinski definition) is 2. The fourth-order valence-corrected chi connectivity index (χ4v) is 10.0. The smallest absolute Gasteiger partial charge is 0.421 e. The quantitative estimate of drug-likeness (QED) is 0.0501. The number of benzene rings is 6. The molecule has 15 nitrogen and oxygen atoms in total. The highest BCUT2D eigenvalue weighted by Crippen LogP contribution is 2.66. The number of cyclic esters (lactones) is 1. The van der Waals surface area contributed by atoms with Gasteiger partial charge >= 0.3 is 18.0 Å². The van der Waals surface area contributed by atoms with E-state index in [4.69, 9.17) is 14.2 Å². The predicted molar refractivity (Wildman–Crippen MR) is 252 cm³/mol. The number of carbonyl (C=O) groups excluding carboxylic acids is 3. The molecule has 2 N–H and O–H groups in total. The number of ether oxygens (including phenoxy) is 3. The maximum atomic E-state index is 16.1. The van der Waals surface area contributed by atoms with Crippen LogP contribution >= 0.6 is 0 Å². The molecule has 0 aliphatic carbocycles. The number of nitro groups is 1. The zero-order chi connectivity index (χ0) is 48.2. The summed E-state index contributed by atoms with van der Waals surface area (Å²) in [6.45, 7) is 0.335. The van der Waals surface area contributed by atoms with E-state index in [9.17, 15) is 34.7 Å². The van der Waals surface area contributed by atoms with Crippen molar-refractivity contribution in [1.29, 1.82) is 0 Å². The Labute approximate surface area is 397 Å². The van der Waals surface area contributed by atoms with Crippen molar-refractivity contribution in [2.45, 2.75) is 42.8 Å². The average Bonchev–Trinajstić information content (AvgIpc) is 3.82. The number of esters is 1. The second kappa shape index (κ2) is 19.6. The molecule has 2 amide bonds. The van der Waals surface area contributed by atoms with Gasteiger partial charge in [0.05, 0.1) is 35.8 Å². The third kappa shape index (κ3) is 8.68. The molecular weight excluding hydrogens is 881 g/mol. The molecule has 1 spiro atoms. The van der Waals surface area contributed by atoms with Crippen LogP contribution in [0.25, 0.3) is 0 Å². The summed E-state index contributed by atoms with van der Waals surface area (Å²) >= 11 is 0. The van der Waals surface area contributed by atoms with Crippen molar-refractivity contribution in [1.82, 2.24) is 9.80 Å². The van der Waals surface area contributed by atoms with Crippen LogP contribution in [0.5, 0.6) is 5.75 Å². The largest absolute Gasteiger partial charge is 0.491 e. The van der Waals surface area contributed by atoms with E-state index in [1.165, 1.54) is 30.3 Å². The number of carboxylic acids is 1. The molecule has 9 rings (SSSR count). The van der Waals surface area contributed by atoms with Crippen LogP contribution in [0.1, 0.15) is 57.1 Å². The Bertz CT molecular complexity index is 2940. The standard InChI is InChI=1S/C54H46N4O11/c1-55(33-36-12-5-2-6-13-36)29-11-14-35-21-28-44-43(32-35)54(52(63)56(44)53(64)68-34-37-19-24-41(25-20-37)58(65)66)45(50(60)61)47-51(62)69-48(39-17-9-4-10-18-39)46(38-15-7-3-8-16-38)57(47)49(54)40-22-26-42(27-23-40)67-31-30-59/h2-10,12-13,15-28,32,45-49,59H,29-31,33-34H2,1H3,(H,60,61)/t45-,46-,47-,48+,49+,54-/m1/s1. The molecule has 69 heavy (non-hydrogen) atoms. The minimum atomic E-state index is -2.23. The van der Waals surface area contributed by atoms with Crippen molar-refractivity contribution in [3.63, 3.8) is 0 Å². The van der Waals surface area contributed by atoms with Gasteiger partial charge < -0.3 is 24.4 Å². The van der Waals surface area contributed by atoms with Gasteiger partial charge in [-0.15, -0.1) is 0 Å². The number of aliphatic hydroxyl groups excluding tert-OH is 1. The molecule has 6 aromatic rings. The van der Waals surface area contributed by atoms with Gasteiger partial charge in [-0.1, -0.05) is 115 Å². The van der Waals surface area contributed by atoms with Gasteiger partial charge in [0.1, 0.15) is 42.4 Å². The molecule has 6 aromatic carbocycles. The normalized spacial score (nSPS) is 21.5. The lowest BCUT2D eigenvalue weighted by molar-refractivity contribution is -0.384. The number of non-ortho nitro benzene ring substituents is 1. The third-order valence-corrected chi connectivity index (χ3v) is 12.8. The van der Waals surface area contributed by atoms with Crippen LogP contribution in [0.4, 0.5) is 16.2 Å². The van der Waals surface area contributed by atoms with Gasteiger partial charge in [0, 0.05) is 24.2 Å². The Morgan fingerprint density at radius 1 is 0.812 bits per heavy atom. The molecule has 348 valence electrons. The lowest BCUT2D eigenvalue weighted by atomic mass is 9.65. The number of fused-ring (bicyclic) bond motifs is 3. The third-order valence-electron chi connectivity index (χ3n) is 12.8. The zero-order valence-corrected chi connectivity index (χ0v) is 37.3. The number of carbonyl (C=O) groups is 4. The summed E-state index contributed by atoms with van der Waals surface area (Å²) in [6.07, 6.45) is -2.12. The van der Waals surface area contributed by atoms with Crippen LogP contribution in [0.2, 0.25) is 0 Å². The number of amides is 2. The lowest BCUT2D eigenvalue weighted by Crippen LogP contribution is -2.53. The van der Waals surface area contributed by atoms with Gasteiger partial charge in [-0.25, -0.2) is 9.69 Å². The van der Waals surface area contributed by atoms with E-state index >= 15 is 4.79 Å². The molecule has 0 aromatic heterocycles. The number of aliphatic carboxylic acids is 1. The molecule has 2 fully saturated rings. The highest BCUT2D eigenvalue weighted by Gasteiger charge is 2.76. The topological polar surface area (TPSA) is 189 Å². The molecule has 3 heterocycles. The monoisotopic (exact) mass is 926 g/mol. The number of nitrogens with zero attached hydrogens (tertiary/aromatic N) is 4. The van der Waals surface area contributed by atoms with Crippen molar-refractivity contribution >= 4 is 35.3 Å². The Kier molecular flexibility index (Phi) is 13.1. The first-order valence-corrected chi connectivity index (χ1v) is 22.3. The van der Waals surface area contributed by atoms with Crippen LogP contribution in [0.15, 0.2) is 158 Å². The minimum Gasteiger partial charge on any atom is -0.491 e. The fourth-order valence-electron chi connectivity index (χ4n) is 10.0. The van der Waals surface area contributed by atoms with Gasteiger partial charge in [-0.2, -0.15) is 0 Å². The molecule has 3 aliphatic heterocycles. The van der Waals surface area contributed by atoms with Gasteiger partial charge in [0.2, 0.25) is 5.91 Å². The van der Waals surface area contributed by atoms with E-state index in [0.29, 0.717) is 46.7 Å². The number of nitro benzene ring substituents is 1. The first kappa shape index (κ1) is 46.0. The first-order chi connectivity index (χ1) is 33.5. The van der Waals surface area contributed by atoms with Crippen LogP contribution in [0, 0.1) is 27.9 Å². The Morgan fingerprint density at radius 2 is 1.46 bits per heavy atom. The minimum absolute atomic E-state index is 0.00264. The molecule has 15 heteroatoms. The van der Waals surface area contributed by atoms with E-state index in [2.05, 4.69) is 11.8 Å². The zero-order valence-electron chi connectivity index (χ0n) is 37.3. The summed E-state index contributed by atoms with van der Waals surface area (Å²) in [5.41, 5.74) is 1.38. The lowest BCUT2D eigenvalue weighted by Gasteiger charge is -2.46. The summed E-state index contributed by atoms with van der Waals surface area (Å²) in [7, 11) is 1.93. The molecule has 0 radical (unpaired) electrons. The fraction of sp³-hybridized carbons (Fsp3) is 0.222. The van der Waals surface area contributed by atoms with E-state index in [0.717, 1.165) is 10.5 Å². The molecule has 6 atom stereocenters. The maximum absolute atomic E-state index is 16.1. The van der Waals surface area contributed by atoms with Crippen LogP contribution in [-0.2, 0) is 42.4 Å². The van der Waals surface area contributed by atoms with Crippen molar-refractivity contribution in [2.24, 2.45) is 5.92 Å². The number of aliphatic hydroxyl groups is 1. The highest BCUT2D eigenvalue weighted by atomic mass is 16.6. The van der Waals surface area contributed by atoms with Crippen molar-refractivity contribution in [2.75, 3.05) is 31.7 Å². The summed E-state index contributed by atoms with van der Waals surface area (Å²) in [4.78, 5) is 75.4. The van der Waals surface area contributed by atoms with Gasteiger partial charge in [-0.3, -0.25) is 34.3 Å². The van der Waals surface area contributed by atoms with Gasteiger partial charge in [0.15, 0.2) is 0 Å². The number of anilines is 1. The van der Waals surface area contributed by atoms with Crippen LogP contribution < -0.4 is 9.64 Å². The number of hydrogen-bond acceptors (Lipinski definition) is 12. The summed E-state index contributed by atoms with van der Waals surface area (Å²) in [5.74, 6) is 1.61. The molecule has 0 saturated carbocycles. The predicted octanol–water partition coefficient (Wildman–Crippen LogP) is 7.54. The van der Waals surface area contributed by atoms with Crippen molar-refractivity contribution in [3.8, 4) is 17.6 Å². The molecule has 0 unspecified atom stereocenters. The van der Waals surface area contributed by atoms with Crippen LogP contribution in [0.3, 0.4) is 0 Å². The molecule has 0 bridgehead atoms. The highest BCUT2D eigenvalue weighted by molar-refractivity contribution is 6.23. The number of rotatable bonds is 13. The van der Waals surface area contributed by atoms with Crippen molar-refractivity contribution < 1.29 is 48.5 Å². The maximum Gasteiger partial charge on any atom is 0.421 e. The Hall–Kier alpha value is -8.16. The van der Waals surface area contributed by atoms with E-state index in [1.807, 2.05) is 103 Å². The van der Waals surface area contributed by atoms with E-state index < -0.39 is 64.4 Å². The number of carboxylic acid groups (broad SMARTS) is 1. The van der Waals surface area contributed by atoms with Crippen molar-refractivity contribution in [3.05, 3.63) is 207 Å². The van der Waals surface area contributed by atoms with E-state index in [1.54, 1.807) is 41.3 Å². The summed E-state index contributed by atoms with van der Waals surface area (Å²) < 4.78 is 17.9.